The molecule has 0 radical (unpaired) electrons. The van der Waals surface area contributed by atoms with Crippen LogP contribution in [-0.4, -0.2) is 49.9 Å². The lowest BCUT2D eigenvalue weighted by molar-refractivity contribution is -0.134. The predicted molar refractivity (Wildman–Crippen MR) is 73.8 cm³/mol. The number of carbonyl (C=O) groups is 2. The summed E-state index contributed by atoms with van der Waals surface area (Å²) in [4.78, 5) is 25.1. The van der Waals surface area contributed by atoms with Crippen LogP contribution in [0.1, 0.15) is 26.2 Å². The van der Waals surface area contributed by atoms with E-state index in [2.05, 4.69) is 10.6 Å². The molecular formula is C12H24ClN3O2. The first kappa shape index (κ1) is 17.2. The van der Waals surface area contributed by atoms with Gasteiger partial charge < -0.3 is 15.5 Å². The molecule has 1 unspecified atom stereocenters. The summed E-state index contributed by atoms with van der Waals surface area (Å²) in [5, 5.41) is 5.82. The number of likely N-dealkylation sites (N-methyl/N-ethyl adjacent to an activating group) is 1. The average molecular weight is 278 g/mol. The van der Waals surface area contributed by atoms with Gasteiger partial charge in [0.15, 0.2) is 0 Å². The average Bonchev–Trinajstić information content (AvgIpc) is 2.37. The molecule has 1 fully saturated rings. The number of hydrogen-bond acceptors (Lipinski definition) is 3. The molecule has 2 atom stereocenters. The van der Waals surface area contributed by atoms with Gasteiger partial charge in [-0.25, -0.2) is 0 Å². The summed E-state index contributed by atoms with van der Waals surface area (Å²) in [5.41, 5.74) is 0. The quantitative estimate of drug-likeness (QED) is 0.782. The Kier molecular flexibility index (Phi) is 7.95. The van der Waals surface area contributed by atoms with Crippen molar-refractivity contribution < 1.29 is 9.59 Å². The van der Waals surface area contributed by atoms with Gasteiger partial charge in [0.2, 0.25) is 11.8 Å². The maximum Gasteiger partial charge on any atom is 0.239 e. The third kappa shape index (κ3) is 4.82. The number of amides is 2. The highest BCUT2D eigenvalue weighted by Gasteiger charge is 2.25. The number of halogens is 1. The molecule has 2 N–H and O–H groups in total. The van der Waals surface area contributed by atoms with Gasteiger partial charge >= 0.3 is 0 Å². The molecule has 0 spiro atoms. The van der Waals surface area contributed by atoms with E-state index in [0.29, 0.717) is 6.54 Å². The van der Waals surface area contributed by atoms with Gasteiger partial charge in [0.05, 0.1) is 12.0 Å². The molecule has 0 bridgehead atoms. The minimum absolute atomic E-state index is 0. The standard InChI is InChI=1S/C12H23N3O2.ClH/c1-9(11(16)13-2)8-15(3)12(17)10-6-4-5-7-14-10;/h9-10,14H,4-8H2,1-3H3,(H,13,16);1H/t9?,10-;/m1./s1. The highest BCUT2D eigenvalue weighted by Crippen LogP contribution is 2.10. The fraction of sp³-hybridized carbons (Fsp3) is 0.833. The topological polar surface area (TPSA) is 61.4 Å². The molecule has 0 aliphatic carbocycles. The minimum atomic E-state index is -0.169. The lowest BCUT2D eigenvalue weighted by Gasteiger charge is -2.28. The van der Waals surface area contributed by atoms with E-state index in [9.17, 15) is 9.59 Å². The van der Waals surface area contributed by atoms with Crippen LogP contribution in [0.2, 0.25) is 0 Å². The normalized spacial score (nSPS) is 20.5. The number of nitrogens with zero attached hydrogens (tertiary/aromatic N) is 1. The predicted octanol–water partition coefficient (Wildman–Crippen LogP) is 0.391. The van der Waals surface area contributed by atoms with Crippen LogP contribution in [0.3, 0.4) is 0 Å². The number of hydrogen-bond donors (Lipinski definition) is 2. The molecule has 0 aromatic heterocycles. The molecule has 0 aromatic carbocycles. The largest absolute Gasteiger partial charge is 0.359 e. The fourth-order valence-electron chi connectivity index (χ4n) is 2.16. The van der Waals surface area contributed by atoms with Gasteiger partial charge in [-0.3, -0.25) is 9.59 Å². The zero-order valence-corrected chi connectivity index (χ0v) is 12.2. The van der Waals surface area contributed by atoms with E-state index in [1.54, 1.807) is 19.0 Å². The molecule has 0 saturated carbocycles. The van der Waals surface area contributed by atoms with Crippen LogP contribution in [0.15, 0.2) is 0 Å². The molecule has 5 nitrogen and oxygen atoms in total. The van der Waals surface area contributed by atoms with Crippen molar-refractivity contribution in [2.75, 3.05) is 27.2 Å². The first-order chi connectivity index (χ1) is 8.06. The Morgan fingerprint density at radius 1 is 1.44 bits per heavy atom. The summed E-state index contributed by atoms with van der Waals surface area (Å²) < 4.78 is 0. The molecule has 1 heterocycles. The van der Waals surface area contributed by atoms with Crippen LogP contribution < -0.4 is 10.6 Å². The molecule has 18 heavy (non-hydrogen) atoms. The molecule has 1 saturated heterocycles. The second-order valence-electron chi connectivity index (χ2n) is 4.74. The number of piperidine rings is 1. The summed E-state index contributed by atoms with van der Waals surface area (Å²) in [5.74, 6) is -0.0979. The number of carbonyl (C=O) groups excluding carboxylic acids is 2. The van der Waals surface area contributed by atoms with E-state index in [-0.39, 0.29) is 36.2 Å². The van der Waals surface area contributed by atoms with Gasteiger partial charge in [-0.2, -0.15) is 0 Å². The molecular weight excluding hydrogens is 254 g/mol. The van der Waals surface area contributed by atoms with Gasteiger partial charge in [-0.05, 0) is 19.4 Å². The van der Waals surface area contributed by atoms with E-state index >= 15 is 0 Å². The van der Waals surface area contributed by atoms with Crippen molar-refractivity contribution in [1.29, 1.82) is 0 Å². The monoisotopic (exact) mass is 277 g/mol. The first-order valence-corrected chi connectivity index (χ1v) is 6.26. The lowest BCUT2D eigenvalue weighted by atomic mass is 10.0. The second kappa shape index (κ2) is 8.32. The van der Waals surface area contributed by atoms with E-state index in [1.807, 2.05) is 6.92 Å². The van der Waals surface area contributed by atoms with Crippen LogP contribution in [0.25, 0.3) is 0 Å². The van der Waals surface area contributed by atoms with E-state index in [0.717, 1.165) is 25.8 Å². The maximum absolute atomic E-state index is 12.1. The van der Waals surface area contributed by atoms with Crippen molar-refractivity contribution in [2.24, 2.45) is 5.92 Å². The van der Waals surface area contributed by atoms with Gasteiger partial charge in [0, 0.05) is 20.6 Å². The SMILES string of the molecule is CNC(=O)C(C)CN(C)C(=O)[C@H]1CCCCN1.Cl. The molecule has 1 rings (SSSR count). The summed E-state index contributed by atoms with van der Waals surface area (Å²) in [6.45, 7) is 3.21. The van der Waals surface area contributed by atoms with Crippen LogP contribution >= 0.6 is 12.4 Å². The Hall–Kier alpha value is -0.810. The lowest BCUT2D eigenvalue weighted by Crippen LogP contribution is -2.49. The Morgan fingerprint density at radius 2 is 2.11 bits per heavy atom. The van der Waals surface area contributed by atoms with Crippen molar-refractivity contribution >= 4 is 24.2 Å². The smallest absolute Gasteiger partial charge is 0.239 e. The Bertz CT molecular complexity index is 280. The van der Waals surface area contributed by atoms with Crippen LogP contribution in [0, 0.1) is 5.92 Å². The molecule has 106 valence electrons. The molecule has 2 amide bonds. The van der Waals surface area contributed by atoms with E-state index in [4.69, 9.17) is 0 Å². The summed E-state index contributed by atoms with van der Waals surface area (Å²) in [6.07, 6.45) is 3.14. The molecule has 6 heteroatoms. The zero-order valence-electron chi connectivity index (χ0n) is 11.4. The third-order valence-electron chi connectivity index (χ3n) is 3.23. The number of nitrogens with one attached hydrogen (secondary N) is 2. The van der Waals surface area contributed by atoms with Crippen molar-refractivity contribution in [2.45, 2.75) is 32.2 Å². The van der Waals surface area contributed by atoms with E-state index in [1.165, 1.54) is 0 Å². The molecule has 1 aliphatic heterocycles. The number of rotatable bonds is 4. The van der Waals surface area contributed by atoms with Gasteiger partial charge in [0.1, 0.15) is 0 Å². The molecule has 0 aromatic rings. The van der Waals surface area contributed by atoms with Crippen LogP contribution in [0.4, 0.5) is 0 Å². The van der Waals surface area contributed by atoms with Gasteiger partial charge in [0.25, 0.3) is 0 Å². The summed E-state index contributed by atoms with van der Waals surface area (Å²) in [6, 6.07) is -0.0642. The van der Waals surface area contributed by atoms with E-state index < -0.39 is 0 Å². The van der Waals surface area contributed by atoms with Gasteiger partial charge in [-0.15, -0.1) is 12.4 Å². The zero-order chi connectivity index (χ0) is 12.8. The maximum atomic E-state index is 12.1. The van der Waals surface area contributed by atoms with Crippen LogP contribution in [-0.2, 0) is 9.59 Å². The Balaban J connectivity index is 0.00000289. The Morgan fingerprint density at radius 3 is 2.61 bits per heavy atom. The highest BCUT2D eigenvalue weighted by molar-refractivity contribution is 5.85. The third-order valence-corrected chi connectivity index (χ3v) is 3.23. The van der Waals surface area contributed by atoms with Crippen molar-refractivity contribution in [1.82, 2.24) is 15.5 Å². The summed E-state index contributed by atoms with van der Waals surface area (Å²) in [7, 11) is 3.38. The van der Waals surface area contributed by atoms with Crippen molar-refractivity contribution in [3.63, 3.8) is 0 Å². The highest BCUT2D eigenvalue weighted by atomic mass is 35.5. The Labute approximate surface area is 115 Å². The molecule has 1 aliphatic rings. The van der Waals surface area contributed by atoms with Crippen molar-refractivity contribution in [3.05, 3.63) is 0 Å². The summed E-state index contributed by atoms with van der Waals surface area (Å²) >= 11 is 0. The fourth-order valence-corrected chi connectivity index (χ4v) is 2.16. The second-order valence-corrected chi connectivity index (χ2v) is 4.74. The van der Waals surface area contributed by atoms with Gasteiger partial charge in [-0.1, -0.05) is 13.3 Å². The van der Waals surface area contributed by atoms with Crippen LogP contribution in [0.5, 0.6) is 0 Å². The minimum Gasteiger partial charge on any atom is -0.359 e. The van der Waals surface area contributed by atoms with Crippen molar-refractivity contribution in [3.8, 4) is 0 Å². The first-order valence-electron chi connectivity index (χ1n) is 6.26.